The number of hydrogen-bond donors (Lipinski definition) is 2. The second-order valence-electron chi connectivity index (χ2n) is 6.55. The van der Waals surface area contributed by atoms with E-state index in [1.165, 1.54) is 17.8 Å². The Bertz CT molecular complexity index is 803. The first-order chi connectivity index (χ1) is 13.0. The molecular weight excluding hydrogens is 361 g/mol. The van der Waals surface area contributed by atoms with Crippen LogP contribution in [0, 0.1) is 5.82 Å². The standard InChI is InChI=1S/C20H24FN5S/c1-15(17-5-3-2-4-6-17)25-9-11-26(12-10-25)19-8-7-16(13-18(19)21)14-23-24-20(22)27/h2-8,13-15H,9-12H2,1H3,(H3,22,24,27)/b23-14+. The van der Waals surface area contributed by atoms with E-state index in [0.29, 0.717) is 17.3 Å². The number of benzene rings is 2. The molecule has 1 unspecified atom stereocenters. The van der Waals surface area contributed by atoms with Crippen LogP contribution in [-0.4, -0.2) is 42.4 Å². The lowest BCUT2D eigenvalue weighted by molar-refractivity contribution is 0.198. The van der Waals surface area contributed by atoms with Gasteiger partial charge in [-0.15, -0.1) is 0 Å². The smallest absolute Gasteiger partial charge is 0.184 e. The molecule has 0 spiro atoms. The lowest BCUT2D eigenvalue weighted by Gasteiger charge is -2.39. The summed E-state index contributed by atoms with van der Waals surface area (Å²) in [5.41, 5.74) is 10.3. The van der Waals surface area contributed by atoms with Gasteiger partial charge in [-0.3, -0.25) is 10.3 Å². The molecule has 3 N–H and O–H groups in total. The highest BCUT2D eigenvalue weighted by atomic mass is 32.1. The molecule has 2 aromatic rings. The Labute approximate surface area is 164 Å². The number of halogens is 1. The van der Waals surface area contributed by atoms with Crippen LogP contribution in [0.25, 0.3) is 0 Å². The summed E-state index contributed by atoms with van der Waals surface area (Å²) in [5, 5.41) is 3.93. The number of nitrogens with zero attached hydrogens (tertiary/aromatic N) is 3. The summed E-state index contributed by atoms with van der Waals surface area (Å²) in [6.45, 7) is 5.61. The van der Waals surface area contributed by atoms with Crippen molar-refractivity contribution in [2.75, 3.05) is 31.1 Å². The van der Waals surface area contributed by atoms with Gasteiger partial charge in [-0.1, -0.05) is 36.4 Å². The number of thiocarbonyl (C=S) groups is 1. The first kappa shape index (κ1) is 19.3. The highest BCUT2D eigenvalue weighted by molar-refractivity contribution is 7.80. The summed E-state index contributed by atoms with van der Waals surface area (Å²) >= 11 is 4.67. The van der Waals surface area contributed by atoms with Gasteiger partial charge in [0.05, 0.1) is 11.9 Å². The van der Waals surface area contributed by atoms with E-state index in [1.807, 2.05) is 12.1 Å². The summed E-state index contributed by atoms with van der Waals surface area (Å²) in [4.78, 5) is 4.53. The third-order valence-electron chi connectivity index (χ3n) is 4.84. The molecule has 3 rings (SSSR count). The normalized spacial score (nSPS) is 16.4. The molecular formula is C20H24FN5S. The Kier molecular flexibility index (Phi) is 6.36. The number of piperazine rings is 1. The van der Waals surface area contributed by atoms with E-state index in [-0.39, 0.29) is 10.9 Å². The number of anilines is 1. The van der Waals surface area contributed by atoms with E-state index >= 15 is 0 Å². The van der Waals surface area contributed by atoms with Crippen molar-refractivity contribution in [1.29, 1.82) is 0 Å². The van der Waals surface area contributed by atoms with E-state index in [4.69, 9.17) is 5.73 Å². The van der Waals surface area contributed by atoms with Crippen LogP contribution in [0.2, 0.25) is 0 Å². The SMILES string of the molecule is CC(c1ccccc1)N1CCN(c2ccc(/C=N/NC(N)=S)cc2F)CC1. The molecule has 0 amide bonds. The van der Waals surface area contributed by atoms with Gasteiger partial charge in [0.2, 0.25) is 0 Å². The quantitative estimate of drug-likeness (QED) is 0.471. The van der Waals surface area contributed by atoms with Crippen molar-refractivity contribution in [3.8, 4) is 0 Å². The van der Waals surface area contributed by atoms with Crippen molar-refractivity contribution >= 4 is 29.2 Å². The fourth-order valence-electron chi connectivity index (χ4n) is 3.32. The fourth-order valence-corrected chi connectivity index (χ4v) is 3.38. The van der Waals surface area contributed by atoms with Gasteiger partial charge in [0.1, 0.15) is 5.82 Å². The van der Waals surface area contributed by atoms with Gasteiger partial charge < -0.3 is 10.6 Å². The molecule has 27 heavy (non-hydrogen) atoms. The number of hydrogen-bond acceptors (Lipinski definition) is 4. The molecule has 1 fully saturated rings. The summed E-state index contributed by atoms with van der Waals surface area (Å²) in [6.07, 6.45) is 1.49. The van der Waals surface area contributed by atoms with Gasteiger partial charge in [0.15, 0.2) is 5.11 Å². The minimum atomic E-state index is -0.251. The average molecular weight is 386 g/mol. The van der Waals surface area contributed by atoms with Crippen molar-refractivity contribution in [1.82, 2.24) is 10.3 Å². The number of nitrogens with two attached hydrogens (primary N) is 1. The number of hydrazone groups is 1. The Morgan fingerprint density at radius 1 is 1.19 bits per heavy atom. The maximum Gasteiger partial charge on any atom is 0.184 e. The highest BCUT2D eigenvalue weighted by Crippen LogP contribution is 2.25. The summed E-state index contributed by atoms with van der Waals surface area (Å²) in [5.74, 6) is -0.251. The largest absolute Gasteiger partial charge is 0.375 e. The maximum absolute atomic E-state index is 14.6. The van der Waals surface area contributed by atoms with Crippen molar-refractivity contribution in [3.63, 3.8) is 0 Å². The molecule has 0 aliphatic carbocycles. The molecule has 0 aromatic heterocycles. The molecule has 1 aliphatic rings. The second kappa shape index (κ2) is 8.92. The molecule has 1 heterocycles. The molecule has 142 valence electrons. The van der Waals surface area contributed by atoms with Crippen LogP contribution in [0.15, 0.2) is 53.6 Å². The first-order valence-electron chi connectivity index (χ1n) is 8.96. The summed E-state index contributed by atoms with van der Waals surface area (Å²) < 4.78 is 14.6. The van der Waals surface area contributed by atoms with Crippen LogP contribution >= 0.6 is 12.2 Å². The highest BCUT2D eigenvalue weighted by Gasteiger charge is 2.23. The zero-order chi connectivity index (χ0) is 19.2. The van der Waals surface area contributed by atoms with Crippen molar-refractivity contribution in [3.05, 3.63) is 65.5 Å². The monoisotopic (exact) mass is 385 g/mol. The molecule has 0 saturated carbocycles. The molecule has 1 atom stereocenters. The molecule has 0 bridgehead atoms. The Balaban J connectivity index is 1.61. The molecule has 2 aromatic carbocycles. The van der Waals surface area contributed by atoms with Gasteiger partial charge in [-0.25, -0.2) is 4.39 Å². The van der Waals surface area contributed by atoms with E-state index in [1.54, 1.807) is 6.07 Å². The van der Waals surface area contributed by atoms with E-state index in [0.717, 1.165) is 26.2 Å². The predicted molar refractivity (Wildman–Crippen MR) is 113 cm³/mol. The van der Waals surface area contributed by atoms with Crippen LogP contribution in [0.4, 0.5) is 10.1 Å². The third kappa shape index (κ3) is 5.02. The zero-order valence-corrected chi connectivity index (χ0v) is 16.1. The Morgan fingerprint density at radius 3 is 2.52 bits per heavy atom. The number of rotatable bonds is 5. The van der Waals surface area contributed by atoms with Crippen LogP contribution in [0.1, 0.15) is 24.1 Å². The second-order valence-corrected chi connectivity index (χ2v) is 6.99. The van der Waals surface area contributed by atoms with Gasteiger partial charge in [-0.2, -0.15) is 5.10 Å². The molecule has 1 saturated heterocycles. The minimum absolute atomic E-state index is 0.0749. The average Bonchev–Trinajstić information content (AvgIpc) is 2.68. The van der Waals surface area contributed by atoms with Crippen molar-refractivity contribution in [2.24, 2.45) is 10.8 Å². The summed E-state index contributed by atoms with van der Waals surface area (Å²) in [7, 11) is 0. The van der Waals surface area contributed by atoms with E-state index in [9.17, 15) is 4.39 Å². The van der Waals surface area contributed by atoms with Gasteiger partial charge in [0.25, 0.3) is 0 Å². The molecule has 7 heteroatoms. The Hall–Kier alpha value is -2.51. The van der Waals surface area contributed by atoms with E-state index in [2.05, 4.69) is 63.7 Å². The minimum Gasteiger partial charge on any atom is -0.375 e. The third-order valence-corrected chi connectivity index (χ3v) is 4.94. The molecule has 1 aliphatic heterocycles. The maximum atomic E-state index is 14.6. The summed E-state index contributed by atoms with van der Waals surface area (Å²) in [6, 6.07) is 15.9. The molecule has 5 nitrogen and oxygen atoms in total. The zero-order valence-electron chi connectivity index (χ0n) is 15.3. The van der Waals surface area contributed by atoms with Crippen LogP contribution in [0.3, 0.4) is 0 Å². The van der Waals surface area contributed by atoms with Crippen LogP contribution in [0.5, 0.6) is 0 Å². The number of nitrogens with one attached hydrogen (secondary N) is 1. The van der Waals surface area contributed by atoms with Gasteiger partial charge in [0, 0.05) is 32.2 Å². The lowest BCUT2D eigenvalue weighted by Crippen LogP contribution is -2.47. The van der Waals surface area contributed by atoms with Crippen molar-refractivity contribution < 1.29 is 4.39 Å². The first-order valence-corrected chi connectivity index (χ1v) is 9.37. The van der Waals surface area contributed by atoms with Gasteiger partial charge in [-0.05, 0) is 42.4 Å². The van der Waals surface area contributed by atoms with E-state index < -0.39 is 0 Å². The predicted octanol–water partition coefficient (Wildman–Crippen LogP) is 2.88. The fraction of sp³-hybridized carbons (Fsp3) is 0.300. The molecule has 0 radical (unpaired) electrons. The van der Waals surface area contributed by atoms with Crippen molar-refractivity contribution in [2.45, 2.75) is 13.0 Å². The van der Waals surface area contributed by atoms with Crippen LogP contribution < -0.4 is 16.1 Å². The topological polar surface area (TPSA) is 56.9 Å². The van der Waals surface area contributed by atoms with Gasteiger partial charge >= 0.3 is 0 Å². The lowest BCUT2D eigenvalue weighted by atomic mass is 10.1. The Morgan fingerprint density at radius 2 is 1.89 bits per heavy atom. The van der Waals surface area contributed by atoms with Crippen LogP contribution in [-0.2, 0) is 0 Å².